The first kappa shape index (κ1) is 26.1. The van der Waals surface area contributed by atoms with E-state index in [1.54, 1.807) is 0 Å². The Morgan fingerprint density at radius 3 is 2.55 bits per heavy atom. The van der Waals surface area contributed by atoms with Gasteiger partial charge in [0.15, 0.2) is 0 Å². The third-order valence-electron chi connectivity index (χ3n) is 7.69. The van der Waals surface area contributed by atoms with Crippen LogP contribution in [0.3, 0.4) is 0 Å². The summed E-state index contributed by atoms with van der Waals surface area (Å²) < 4.78 is 7.69. The van der Waals surface area contributed by atoms with Crippen LogP contribution in [0.1, 0.15) is 88.5 Å². The van der Waals surface area contributed by atoms with Gasteiger partial charge < -0.3 is 19.0 Å². The Morgan fingerprint density at radius 1 is 1.21 bits per heavy atom. The van der Waals surface area contributed by atoms with Crippen molar-refractivity contribution in [2.45, 2.75) is 78.7 Å². The lowest BCUT2D eigenvalue weighted by Crippen LogP contribution is -2.41. The highest BCUT2D eigenvalue weighted by molar-refractivity contribution is 5.94. The van der Waals surface area contributed by atoms with Crippen molar-refractivity contribution in [3.8, 4) is 11.3 Å². The monoisotopic (exact) mass is 512 g/mol. The van der Waals surface area contributed by atoms with Crippen LogP contribution >= 0.6 is 0 Å². The number of likely N-dealkylation sites (tertiary alicyclic amines) is 1. The first-order valence-corrected chi connectivity index (χ1v) is 13.7. The number of aromatic nitrogens is 3. The number of hydrogen-bond donors (Lipinski definition) is 1. The molecule has 6 heteroatoms. The second kappa shape index (κ2) is 9.64. The van der Waals surface area contributed by atoms with Crippen LogP contribution in [-0.2, 0) is 4.74 Å². The Kier molecular flexibility index (Phi) is 6.62. The van der Waals surface area contributed by atoms with Crippen molar-refractivity contribution in [3.05, 3.63) is 65.6 Å². The predicted molar refractivity (Wildman–Crippen MR) is 156 cm³/mol. The molecular weight excluding hydrogens is 472 g/mol. The molecule has 0 spiro atoms. The molecule has 4 heterocycles. The fourth-order valence-corrected chi connectivity index (χ4v) is 5.93. The zero-order chi connectivity index (χ0) is 27.4. The number of rotatable bonds is 4. The Hall–Kier alpha value is -3.54. The molecule has 1 N–H and O–H groups in total. The van der Waals surface area contributed by atoms with Gasteiger partial charge in [0.2, 0.25) is 0 Å². The highest BCUT2D eigenvalue weighted by Crippen LogP contribution is 2.41. The van der Waals surface area contributed by atoms with Gasteiger partial charge in [0.1, 0.15) is 11.2 Å². The largest absolute Gasteiger partial charge is 0.444 e. The van der Waals surface area contributed by atoms with Crippen LogP contribution in [0.25, 0.3) is 33.4 Å². The van der Waals surface area contributed by atoms with Gasteiger partial charge in [-0.1, -0.05) is 26.5 Å². The zero-order valence-electron chi connectivity index (χ0n) is 23.8. The normalized spacial score (nSPS) is 15.1. The third kappa shape index (κ3) is 4.72. The van der Waals surface area contributed by atoms with E-state index in [0.29, 0.717) is 11.8 Å². The number of H-pyrrole nitrogens is 1. The number of fused-ring (bicyclic) bond motifs is 2. The molecule has 0 saturated carbocycles. The minimum absolute atomic E-state index is 0.205. The predicted octanol–water partition coefficient (Wildman–Crippen LogP) is 8.06. The van der Waals surface area contributed by atoms with Gasteiger partial charge in [0.05, 0.1) is 5.69 Å². The lowest BCUT2D eigenvalue weighted by molar-refractivity contribution is 0.0205. The van der Waals surface area contributed by atoms with Gasteiger partial charge in [-0.05, 0) is 93.7 Å². The van der Waals surface area contributed by atoms with Crippen molar-refractivity contribution in [3.63, 3.8) is 0 Å². The molecule has 0 atom stereocenters. The molecular formula is C32H40N4O2. The van der Waals surface area contributed by atoms with Gasteiger partial charge >= 0.3 is 6.09 Å². The van der Waals surface area contributed by atoms with Crippen LogP contribution in [0.4, 0.5) is 4.79 Å². The van der Waals surface area contributed by atoms with Gasteiger partial charge in [-0.3, -0.25) is 0 Å². The van der Waals surface area contributed by atoms with Crippen LogP contribution in [0.15, 0.2) is 43.4 Å². The molecule has 4 aromatic rings. The van der Waals surface area contributed by atoms with Crippen molar-refractivity contribution in [2.75, 3.05) is 13.1 Å². The molecule has 1 aliphatic heterocycles. The molecule has 3 aromatic heterocycles. The summed E-state index contributed by atoms with van der Waals surface area (Å²) in [5.41, 5.74) is 9.98. The van der Waals surface area contributed by atoms with Crippen LogP contribution in [0, 0.1) is 6.92 Å². The number of allylic oxidation sites excluding steroid dienone is 1. The topological polar surface area (TPSA) is 62.6 Å². The van der Waals surface area contributed by atoms with Gasteiger partial charge in [-0.15, -0.1) is 0 Å². The average molecular weight is 513 g/mol. The van der Waals surface area contributed by atoms with E-state index in [-0.39, 0.29) is 6.09 Å². The summed E-state index contributed by atoms with van der Waals surface area (Å²) in [4.78, 5) is 22.7. The van der Waals surface area contributed by atoms with Gasteiger partial charge in [0, 0.05) is 53.7 Å². The number of hydrogen-bond acceptors (Lipinski definition) is 3. The van der Waals surface area contributed by atoms with Crippen molar-refractivity contribution in [2.24, 2.45) is 0 Å². The van der Waals surface area contributed by atoms with Crippen molar-refractivity contribution < 1.29 is 9.53 Å². The van der Waals surface area contributed by atoms with Crippen molar-refractivity contribution >= 4 is 28.2 Å². The van der Waals surface area contributed by atoms with E-state index < -0.39 is 5.60 Å². The number of nitrogens with one attached hydrogen (secondary N) is 1. The SMILES string of the molecule is C=C(C)c1c(C)c(-c2[nH]c3ccc(C4CCN(C(=O)OC(C)(C)C)CC4)cc3c2C(C)C)cn2ccnc12. The van der Waals surface area contributed by atoms with Crippen molar-refractivity contribution in [1.82, 2.24) is 19.3 Å². The molecule has 200 valence electrons. The quantitative estimate of drug-likeness (QED) is 0.301. The molecule has 1 aromatic carbocycles. The van der Waals surface area contributed by atoms with Gasteiger partial charge in [0.25, 0.3) is 0 Å². The van der Waals surface area contributed by atoms with E-state index in [0.717, 1.165) is 48.2 Å². The lowest BCUT2D eigenvalue weighted by Gasteiger charge is -2.33. The van der Waals surface area contributed by atoms with E-state index in [2.05, 4.69) is 73.0 Å². The summed E-state index contributed by atoms with van der Waals surface area (Å²) in [6, 6.07) is 6.86. The van der Waals surface area contributed by atoms with Crippen LogP contribution in [-0.4, -0.2) is 44.1 Å². The van der Waals surface area contributed by atoms with Crippen molar-refractivity contribution in [1.29, 1.82) is 0 Å². The number of carbonyl (C=O) groups is 1. The number of aromatic amines is 1. The number of benzene rings is 1. The van der Waals surface area contributed by atoms with E-state index in [1.807, 2.05) is 38.1 Å². The maximum Gasteiger partial charge on any atom is 0.410 e. The number of imidazole rings is 1. The minimum Gasteiger partial charge on any atom is -0.444 e. The molecule has 1 aliphatic rings. The summed E-state index contributed by atoms with van der Waals surface area (Å²) in [5, 5.41) is 1.28. The molecule has 6 nitrogen and oxygen atoms in total. The highest BCUT2D eigenvalue weighted by Gasteiger charge is 2.28. The molecule has 1 amide bonds. The molecule has 5 rings (SSSR count). The smallest absolute Gasteiger partial charge is 0.410 e. The summed E-state index contributed by atoms with van der Waals surface area (Å²) in [5.74, 6) is 0.768. The highest BCUT2D eigenvalue weighted by atomic mass is 16.6. The molecule has 0 unspecified atom stereocenters. The first-order valence-electron chi connectivity index (χ1n) is 13.7. The molecule has 0 aliphatic carbocycles. The standard InChI is InChI=1S/C32H40N4O2/c1-19(2)27-21(5)25(18-36-16-13-33-30(27)36)29-28(20(3)4)24-17-23(9-10-26(24)34-29)22-11-14-35(15-12-22)31(37)38-32(6,7)8/h9-10,13,16-18,20,22,34H,1,11-12,14-15H2,2-8H3. The van der Waals surface area contributed by atoms with E-state index in [9.17, 15) is 4.79 Å². The fraction of sp³-hybridized carbons (Fsp3) is 0.438. The maximum atomic E-state index is 12.5. The molecule has 1 fully saturated rings. The summed E-state index contributed by atoms with van der Waals surface area (Å²) >= 11 is 0. The first-order chi connectivity index (χ1) is 17.9. The van der Waals surface area contributed by atoms with Crippen LogP contribution < -0.4 is 0 Å². The summed E-state index contributed by atoms with van der Waals surface area (Å²) in [6.45, 7) is 20.2. The number of carbonyl (C=O) groups excluding carboxylic acids is 1. The molecule has 0 bridgehead atoms. The Balaban J connectivity index is 1.51. The number of pyridine rings is 1. The Bertz CT molecular complexity index is 1520. The lowest BCUT2D eigenvalue weighted by atomic mass is 9.87. The van der Waals surface area contributed by atoms with Crippen LogP contribution in [0.2, 0.25) is 0 Å². The summed E-state index contributed by atoms with van der Waals surface area (Å²) in [6.07, 6.45) is 7.72. The molecule has 1 saturated heterocycles. The molecule has 38 heavy (non-hydrogen) atoms. The third-order valence-corrected chi connectivity index (χ3v) is 7.69. The minimum atomic E-state index is -0.468. The van der Waals surface area contributed by atoms with Gasteiger partial charge in [-0.25, -0.2) is 9.78 Å². The zero-order valence-corrected chi connectivity index (χ0v) is 23.8. The average Bonchev–Trinajstić information content (AvgIpc) is 3.46. The van der Waals surface area contributed by atoms with E-state index in [4.69, 9.17) is 4.74 Å². The number of nitrogens with zero attached hydrogens (tertiary/aromatic N) is 3. The summed E-state index contributed by atoms with van der Waals surface area (Å²) in [7, 11) is 0. The van der Waals surface area contributed by atoms with E-state index >= 15 is 0 Å². The van der Waals surface area contributed by atoms with E-state index in [1.165, 1.54) is 33.3 Å². The second-order valence-electron chi connectivity index (χ2n) is 12.1. The fourth-order valence-electron chi connectivity index (χ4n) is 5.93. The maximum absolute atomic E-state index is 12.5. The molecule has 0 radical (unpaired) electrons. The second-order valence-corrected chi connectivity index (χ2v) is 12.1. The number of amides is 1. The number of piperidine rings is 1. The Labute approximate surface area is 225 Å². The number of ether oxygens (including phenoxy) is 1. The Morgan fingerprint density at radius 2 is 1.92 bits per heavy atom. The van der Waals surface area contributed by atoms with Crippen LogP contribution in [0.5, 0.6) is 0 Å². The van der Waals surface area contributed by atoms with Gasteiger partial charge in [-0.2, -0.15) is 0 Å².